The van der Waals surface area contributed by atoms with Crippen molar-refractivity contribution in [2.45, 2.75) is 113 Å². The molecule has 3 fully saturated rings. The Morgan fingerprint density at radius 2 is 0.632 bits per heavy atom. The maximum Gasteiger partial charge on any atom is 0.241 e. The molecule has 0 aromatic heterocycles. The van der Waals surface area contributed by atoms with Crippen LogP contribution in [0.25, 0.3) is 0 Å². The van der Waals surface area contributed by atoms with Gasteiger partial charge < -0.3 is 0 Å². The Labute approximate surface area is 234 Å². The lowest BCUT2D eigenvalue weighted by molar-refractivity contribution is 0.460. The van der Waals surface area contributed by atoms with Gasteiger partial charge in [0.05, 0.1) is 0 Å². The summed E-state index contributed by atoms with van der Waals surface area (Å²) in [6.45, 7) is 0.309. The summed E-state index contributed by atoms with van der Waals surface area (Å²) in [6.07, 6.45) is 23.6. The zero-order valence-corrected chi connectivity index (χ0v) is 24.4. The van der Waals surface area contributed by atoms with E-state index in [1.165, 1.54) is 52.6 Å². The highest BCUT2D eigenvalue weighted by atomic mass is 31.1. The van der Waals surface area contributed by atoms with Crippen LogP contribution in [0.2, 0.25) is 0 Å². The monoisotopic (exact) mass is 522 g/mol. The Kier molecular flexibility index (Phi) is 11.0. The van der Waals surface area contributed by atoms with Crippen LogP contribution >= 0.6 is 7.92 Å². The second-order valence-electron chi connectivity index (χ2n) is 12.0. The maximum absolute atomic E-state index is 2.20. The summed E-state index contributed by atoms with van der Waals surface area (Å²) in [5.74, 6) is 0. The van der Waals surface area contributed by atoms with E-state index in [1.54, 1.807) is 77.0 Å². The summed E-state index contributed by atoms with van der Waals surface area (Å²) in [4.78, 5) is 0. The van der Waals surface area contributed by atoms with Crippen molar-refractivity contribution < 1.29 is 0 Å². The Hall–Kier alpha value is -1.85. The van der Waals surface area contributed by atoms with Gasteiger partial charge in [-0.1, -0.05) is 173 Å². The average Bonchev–Trinajstić information content (AvgIpc) is 3.01. The predicted molar refractivity (Wildman–Crippen MR) is 172 cm³/mol. The van der Waals surface area contributed by atoms with Crippen molar-refractivity contribution in [2.75, 3.05) is 0 Å². The minimum atomic E-state index is 0.309. The quantitative estimate of drug-likeness (QED) is 0.224. The van der Waals surface area contributed by atoms with Crippen LogP contribution in [0.4, 0.5) is 0 Å². The first-order chi connectivity index (χ1) is 18.9. The summed E-state index contributed by atoms with van der Waals surface area (Å²) in [5.41, 5.74) is 7.57. The Balaban J connectivity index is 0.000000155. The summed E-state index contributed by atoms with van der Waals surface area (Å²) in [7, 11) is 0.385. The van der Waals surface area contributed by atoms with Gasteiger partial charge in [-0.2, -0.15) is 0 Å². The van der Waals surface area contributed by atoms with Crippen LogP contribution in [0, 0.1) is 0 Å². The molecular formula is C36H48BP. The second kappa shape index (κ2) is 15.1. The van der Waals surface area contributed by atoms with Crippen molar-refractivity contribution in [1.82, 2.24) is 0 Å². The third-order valence-corrected chi connectivity index (χ3v) is 13.5. The molecule has 0 aliphatic heterocycles. The van der Waals surface area contributed by atoms with Gasteiger partial charge in [-0.25, -0.2) is 0 Å². The van der Waals surface area contributed by atoms with Crippen molar-refractivity contribution in [1.29, 1.82) is 0 Å². The highest BCUT2D eigenvalue weighted by Gasteiger charge is 2.36. The molecule has 0 radical (unpaired) electrons. The molecule has 0 spiro atoms. The van der Waals surface area contributed by atoms with Gasteiger partial charge in [-0.15, -0.1) is 0 Å². The fourth-order valence-corrected chi connectivity index (χ4v) is 12.2. The molecule has 0 amide bonds. The molecule has 2 heteroatoms. The minimum absolute atomic E-state index is 0.309. The highest BCUT2D eigenvalue weighted by Crippen LogP contribution is 2.61. The molecule has 38 heavy (non-hydrogen) atoms. The van der Waals surface area contributed by atoms with Crippen molar-refractivity contribution in [3.8, 4) is 0 Å². The molecule has 0 unspecified atom stereocenters. The maximum atomic E-state index is 2.20. The first-order valence-corrected chi connectivity index (χ1v) is 17.4. The molecule has 3 aromatic carbocycles. The van der Waals surface area contributed by atoms with E-state index in [9.17, 15) is 0 Å². The van der Waals surface area contributed by atoms with Gasteiger partial charge in [0.25, 0.3) is 0 Å². The summed E-state index contributed by atoms with van der Waals surface area (Å²) in [6, 6.07) is 32.0. The first kappa shape index (κ1) is 27.7. The summed E-state index contributed by atoms with van der Waals surface area (Å²) < 4.78 is 0. The Bertz CT molecular complexity index is 882. The van der Waals surface area contributed by atoms with Crippen molar-refractivity contribution in [2.24, 2.45) is 0 Å². The zero-order chi connectivity index (χ0) is 25.8. The first-order valence-electron chi connectivity index (χ1n) is 15.8. The number of benzene rings is 3. The van der Waals surface area contributed by atoms with E-state index in [2.05, 4.69) is 91.0 Å². The van der Waals surface area contributed by atoms with Gasteiger partial charge in [0.15, 0.2) is 0 Å². The van der Waals surface area contributed by atoms with E-state index in [1.807, 2.05) is 0 Å². The van der Waals surface area contributed by atoms with E-state index in [0.717, 1.165) is 0 Å². The third kappa shape index (κ3) is 7.63. The molecular weight excluding hydrogens is 474 g/mol. The normalized spacial score (nSPS) is 19.5. The van der Waals surface area contributed by atoms with E-state index < -0.39 is 0 Å². The van der Waals surface area contributed by atoms with Gasteiger partial charge in [0.1, 0.15) is 0 Å². The van der Waals surface area contributed by atoms with Crippen molar-refractivity contribution in [3.63, 3.8) is 0 Å². The van der Waals surface area contributed by atoms with E-state index in [-0.39, 0.29) is 0 Å². The van der Waals surface area contributed by atoms with Crippen LogP contribution in [0.5, 0.6) is 0 Å². The SMILES string of the molecule is C1CCC(P(C2CCCCC2)C2CCCCC2)CC1.c1ccc(B(c2ccccc2)c2ccccc2)cc1. The van der Waals surface area contributed by atoms with Crippen molar-refractivity contribution >= 4 is 31.0 Å². The molecule has 0 atom stereocenters. The lowest BCUT2D eigenvalue weighted by Crippen LogP contribution is -2.51. The fraction of sp³-hybridized carbons (Fsp3) is 0.500. The molecule has 0 bridgehead atoms. The van der Waals surface area contributed by atoms with Crippen LogP contribution in [0.15, 0.2) is 91.0 Å². The van der Waals surface area contributed by atoms with Gasteiger partial charge in [0.2, 0.25) is 6.71 Å². The molecule has 200 valence electrons. The van der Waals surface area contributed by atoms with Crippen LogP contribution in [0.1, 0.15) is 96.3 Å². The van der Waals surface area contributed by atoms with E-state index in [0.29, 0.717) is 14.6 Å². The molecule has 6 rings (SSSR count). The highest BCUT2D eigenvalue weighted by molar-refractivity contribution is 7.60. The molecule has 3 aromatic rings. The van der Waals surface area contributed by atoms with Crippen LogP contribution in [-0.2, 0) is 0 Å². The third-order valence-electron chi connectivity index (χ3n) is 9.39. The Morgan fingerprint density at radius 1 is 0.368 bits per heavy atom. The molecule has 3 aliphatic rings. The Morgan fingerprint density at radius 3 is 0.895 bits per heavy atom. The summed E-state index contributed by atoms with van der Waals surface area (Å²) >= 11 is 0. The fourth-order valence-electron chi connectivity index (χ4n) is 7.55. The molecule has 0 N–H and O–H groups in total. The van der Waals surface area contributed by atoms with E-state index >= 15 is 0 Å². The average molecular weight is 523 g/mol. The minimum Gasteiger partial charge on any atom is -0.0971 e. The molecule has 3 saturated carbocycles. The zero-order valence-electron chi connectivity index (χ0n) is 23.5. The smallest absolute Gasteiger partial charge is 0.0971 e. The van der Waals surface area contributed by atoms with Crippen LogP contribution in [-0.4, -0.2) is 23.7 Å². The van der Waals surface area contributed by atoms with Gasteiger partial charge in [-0.05, 0) is 55.5 Å². The molecule has 0 nitrogen and oxygen atoms in total. The molecule has 0 saturated heterocycles. The molecule has 0 heterocycles. The standard InChI is InChI=1S/C18H15B.C18H33P/c2*1-4-10-16(11-5-1)19(17-12-6-2-7-13-17)18-14-8-3-9-15-18/h1-15H;16-18H,1-15H2. The summed E-state index contributed by atoms with van der Waals surface area (Å²) in [5, 5.41) is 0. The van der Waals surface area contributed by atoms with E-state index in [4.69, 9.17) is 0 Å². The number of hydrogen-bond acceptors (Lipinski definition) is 0. The van der Waals surface area contributed by atoms with Crippen molar-refractivity contribution in [3.05, 3.63) is 91.0 Å². The lowest BCUT2D eigenvalue weighted by Gasteiger charge is -2.44. The number of hydrogen-bond donors (Lipinski definition) is 0. The van der Waals surface area contributed by atoms with Crippen LogP contribution in [0.3, 0.4) is 0 Å². The van der Waals surface area contributed by atoms with Gasteiger partial charge >= 0.3 is 0 Å². The molecule has 3 aliphatic carbocycles. The van der Waals surface area contributed by atoms with Crippen LogP contribution < -0.4 is 16.4 Å². The predicted octanol–water partition coefficient (Wildman–Crippen LogP) is 8.67. The topological polar surface area (TPSA) is 0 Å². The second-order valence-corrected chi connectivity index (χ2v) is 15.1. The number of rotatable bonds is 6. The lowest BCUT2D eigenvalue weighted by atomic mass is 9.37. The largest absolute Gasteiger partial charge is 0.241 e. The van der Waals surface area contributed by atoms with Gasteiger partial charge in [0, 0.05) is 0 Å². The van der Waals surface area contributed by atoms with Gasteiger partial charge in [-0.3, -0.25) is 0 Å².